The van der Waals surface area contributed by atoms with Crippen molar-refractivity contribution < 1.29 is 37.0 Å². The summed E-state index contributed by atoms with van der Waals surface area (Å²) in [7, 11) is 0. The number of carbonyl (C=O) groups excluding carboxylic acids is 1. The molecule has 9 nitrogen and oxygen atoms in total. The van der Waals surface area contributed by atoms with E-state index in [1.165, 1.54) is 24.4 Å². The van der Waals surface area contributed by atoms with E-state index in [2.05, 4.69) is 25.2 Å². The minimum absolute atomic E-state index is 0.0629. The lowest BCUT2D eigenvalue weighted by Gasteiger charge is -2.25. The van der Waals surface area contributed by atoms with Gasteiger partial charge in [0, 0.05) is 24.4 Å². The van der Waals surface area contributed by atoms with Gasteiger partial charge in [-0.25, -0.2) is 4.39 Å². The van der Waals surface area contributed by atoms with Crippen LogP contribution in [0.25, 0.3) is 0 Å². The number of oxime groups is 1. The van der Waals surface area contributed by atoms with Gasteiger partial charge in [0.05, 0.1) is 12.6 Å². The summed E-state index contributed by atoms with van der Waals surface area (Å²) in [5.41, 5.74) is 6.84. The van der Waals surface area contributed by atoms with Gasteiger partial charge in [-0.05, 0) is 36.4 Å². The van der Waals surface area contributed by atoms with Crippen LogP contribution in [0.5, 0.6) is 11.5 Å². The zero-order chi connectivity index (χ0) is 25.4. The summed E-state index contributed by atoms with van der Waals surface area (Å²) in [6.07, 6.45) is -1.17. The first-order valence-electron chi connectivity index (χ1n) is 10.0. The maximum absolute atomic E-state index is 12.5. The second kappa shape index (κ2) is 11.1. The van der Waals surface area contributed by atoms with Gasteiger partial charge in [-0.15, -0.1) is 13.2 Å². The number of ether oxygens (including phenoxy) is 2. The van der Waals surface area contributed by atoms with E-state index >= 15 is 0 Å². The summed E-state index contributed by atoms with van der Waals surface area (Å²) in [4.78, 5) is 20.6. The lowest BCUT2D eigenvalue weighted by Crippen LogP contribution is -2.33. The fourth-order valence-electron chi connectivity index (χ4n) is 2.97. The van der Waals surface area contributed by atoms with Crippen LogP contribution in [0.1, 0.15) is 34.2 Å². The van der Waals surface area contributed by atoms with Crippen molar-refractivity contribution in [2.45, 2.75) is 18.8 Å². The van der Waals surface area contributed by atoms with Crippen LogP contribution in [0.4, 0.5) is 17.6 Å². The number of amidine groups is 1. The Morgan fingerprint density at radius 3 is 2.60 bits per heavy atom. The summed E-state index contributed by atoms with van der Waals surface area (Å²) >= 11 is 0. The molecule has 35 heavy (non-hydrogen) atoms. The molecular weight excluding hydrogens is 474 g/mol. The van der Waals surface area contributed by atoms with E-state index in [9.17, 15) is 22.4 Å². The molecule has 0 saturated carbocycles. The van der Waals surface area contributed by atoms with E-state index in [0.29, 0.717) is 30.0 Å². The van der Waals surface area contributed by atoms with Gasteiger partial charge in [-0.2, -0.15) is 0 Å². The summed E-state index contributed by atoms with van der Waals surface area (Å²) in [5.74, 6) is -1.55. The Morgan fingerprint density at radius 2 is 1.94 bits per heavy atom. The van der Waals surface area contributed by atoms with Crippen molar-refractivity contribution in [2.24, 2.45) is 10.9 Å². The molecule has 0 unspecified atom stereocenters. The summed E-state index contributed by atoms with van der Waals surface area (Å²) in [6, 6.07) is 10.8. The number of hydrogen-bond donors (Lipinski definition) is 3. The van der Waals surface area contributed by atoms with E-state index < -0.39 is 17.9 Å². The molecule has 1 aliphatic heterocycles. The van der Waals surface area contributed by atoms with Gasteiger partial charge in [0.25, 0.3) is 5.91 Å². The van der Waals surface area contributed by atoms with Gasteiger partial charge in [0.1, 0.15) is 17.1 Å². The summed E-state index contributed by atoms with van der Waals surface area (Å²) in [6.45, 7) is 0.513. The zero-order valence-corrected chi connectivity index (χ0v) is 17.9. The molecule has 1 amide bonds. The van der Waals surface area contributed by atoms with E-state index in [0.717, 1.165) is 12.1 Å². The molecule has 2 aromatic heterocycles. The predicted molar refractivity (Wildman–Crippen MR) is 114 cm³/mol. The van der Waals surface area contributed by atoms with Crippen LogP contribution in [-0.4, -0.2) is 39.9 Å². The molecule has 4 N–H and O–H groups in total. The quantitative estimate of drug-likeness (QED) is 0.167. The molecule has 4 rings (SSSR count). The molecule has 0 fully saturated rings. The first-order valence-corrected chi connectivity index (χ1v) is 10.0. The van der Waals surface area contributed by atoms with Crippen LogP contribution in [0.15, 0.2) is 66.1 Å². The third kappa shape index (κ3) is 7.03. The Kier molecular flexibility index (Phi) is 8.02. The number of carbonyl (C=O) groups is 1. The highest BCUT2D eigenvalue weighted by Gasteiger charge is 2.32. The average Bonchev–Trinajstić information content (AvgIpc) is 2.85. The van der Waals surface area contributed by atoms with Crippen molar-refractivity contribution in [3.8, 4) is 11.5 Å². The van der Waals surface area contributed by atoms with Crippen molar-refractivity contribution in [3.63, 3.8) is 0 Å². The predicted octanol–water partition coefficient (Wildman–Crippen LogP) is 3.55. The third-order valence-electron chi connectivity index (χ3n) is 4.56. The standard InChI is InChI=1S/C15H15N5O3.C7H4F4O/c16-14(20-22)9-3-4-11(18-8-9)15(21)19-10-5-7-23-12-2-1-6-17-13(10)12;8-5-3-1-2-4-6(5)12-7(9,10)11/h1-4,6,8,10,22H,5,7H2,(H2,16,20)(H,19,21);1-4H/t10-;/m1./s1. The second-order valence-electron chi connectivity index (χ2n) is 6.95. The number of halogens is 4. The second-order valence-corrected chi connectivity index (χ2v) is 6.95. The summed E-state index contributed by atoms with van der Waals surface area (Å²) in [5, 5.41) is 14.4. The Bertz CT molecular complexity index is 1190. The SMILES string of the molecule is Fc1ccccc1OC(F)(F)F.N/C(=N\O)c1ccc(C(=O)N[C@@H]2CCOc3cccnc32)nc1. The van der Waals surface area contributed by atoms with Crippen LogP contribution >= 0.6 is 0 Å². The van der Waals surface area contributed by atoms with Crippen LogP contribution in [0, 0.1) is 5.82 Å². The molecule has 3 heterocycles. The Hall–Kier alpha value is -4.42. The number of benzene rings is 1. The Balaban J connectivity index is 0.000000241. The number of pyridine rings is 2. The van der Waals surface area contributed by atoms with Crippen molar-refractivity contribution in [2.75, 3.05) is 6.61 Å². The molecule has 1 aromatic carbocycles. The highest BCUT2D eigenvalue weighted by Crippen LogP contribution is 2.29. The minimum atomic E-state index is -4.85. The van der Waals surface area contributed by atoms with Crippen molar-refractivity contribution in [3.05, 3.63) is 83.7 Å². The van der Waals surface area contributed by atoms with E-state index in [1.807, 2.05) is 6.07 Å². The fraction of sp³-hybridized carbons (Fsp3) is 0.182. The smallest absolute Gasteiger partial charge is 0.491 e. The molecular formula is C22H19F4N5O4. The monoisotopic (exact) mass is 493 g/mol. The molecule has 3 aromatic rings. The zero-order valence-electron chi connectivity index (χ0n) is 17.9. The number of alkyl halides is 3. The van der Waals surface area contributed by atoms with Crippen molar-refractivity contribution in [1.29, 1.82) is 0 Å². The van der Waals surface area contributed by atoms with Crippen LogP contribution in [0.2, 0.25) is 0 Å². The maximum Gasteiger partial charge on any atom is 0.573 e. The number of nitrogens with one attached hydrogen (secondary N) is 1. The Morgan fingerprint density at radius 1 is 1.17 bits per heavy atom. The van der Waals surface area contributed by atoms with Crippen LogP contribution in [-0.2, 0) is 0 Å². The molecule has 1 atom stereocenters. The largest absolute Gasteiger partial charge is 0.573 e. The number of rotatable bonds is 4. The number of aromatic nitrogens is 2. The number of amides is 1. The van der Waals surface area contributed by atoms with E-state index in [1.54, 1.807) is 18.3 Å². The molecule has 0 radical (unpaired) electrons. The minimum Gasteiger partial charge on any atom is -0.491 e. The number of para-hydroxylation sites is 1. The lowest BCUT2D eigenvalue weighted by atomic mass is 10.1. The highest BCUT2D eigenvalue weighted by atomic mass is 19.4. The molecule has 1 aliphatic rings. The number of hydrogen-bond acceptors (Lipinski definition) is 7. The van der Waals surface area contributed by atoms with Gasteiger partial charge in [0.15, 0.2) is 17.4 Å². The topological polar surface area (TPSA) is 132 Å². The average molecular weight is 493 g/mol. The molecule has 0 aliphatic carbocycles. The van der Waals surface area contributed by atoms with Gasteiger partial charge in [-0.3, -0.25) is 14.8 Å². The van der Waals surface area contributed by atoms with E-state index in [-0.39, 0.29) is 23.5 Å². The normalized spacial score (nSPS) is 15.1. The fourth-order valence-corrected chi connectivity index (χ4v) is 2.97. The highest BCUT2D eigenvalue weighted by molar-refractivity contribution is 5.98. The Labute approximate surface area is 196 Å². The molecule has 13 heteroatoms. The van der Waals surface area contributed by atoms with Gasteiger partial charge < -0.3 is 25.7 Å². The summed E-state index contributed by atoms with van der Waals surface area (Å²) < 4.78 is 56.0. The molecule has 0 bridgehead atoms. The van der Waals surface area contributed by atoms with Crippen molar-refractivity contribution in [1.82, 2.24) is 15.3 Å². The lowest BCUT2D eigenvalue weighted by molar-refractivity contribution is -0.275. The molecule has 184 valence electrons. The third-order valence-corrected chi connectivity index (χ3v) is 4.56. The van der Waals surface area contributed by atoms with E-state index in [4.69, 9.17) is 15.7 Å². The van der Waals surface area contributed by atoms with Crippen molar-refractivity contribution >= 4 is 11.7 Å². The maximum atomic E-state index is 12.5. The molecule has 0 saturated heterocycles. The number of nitrogens with zero attached hydrogens (tertiary/aromatic N) is 3. The van der Waals surface area contributed by atoms with Crippen LogP contribution in [0.3, 0.4) is 0 Å². The first kappa shape index (κ1) is 25.2. The van der Waals surface area contributed by atoms with Crippen LogP contribution < -0.4 is 20.5 Å². The van der Waals surface area contributed by atoms with Gasteiger partial charge in [0.2, 0.25) is 0 Å². The number of nitrogens with two attached hydrogens (primary N) is 1. The number of fused-ring (bicyclic) bond motifs is 1. The van der Waals surface area contributed by atoms with Gasteiger partial charge >= 0.3 is 6.36 Å². The van der Waals surface area contributed by atoms with Gasteiger partial charge in [-0.1, -0.05) is 17.3 Å². The molecule has 0 spiro atoms. The first-order chi connectivity index (χ1) is 16.7.